The summed E-state index contributed by atoms with van der Waals surface area (Å²) in [6.07, 6.45) is -1.14. The summed E-state index contributed by atoms with van der Waals surface area (Å²) in [6, 6.07) is 10.0. The molecule has 3 aromatic rings. The molecule has 0 aliphatic heterocycles. The van der Waals surface area contributed by atoms with Crippen molar-refractivity contribution < 1.29 is 32.5 Å². The second-order valence-electron chi connectivity index (χ2n) is 6.52. The van der Waals surface area contributed by atoms with Gasteiger partial charge in [-0.15, -0.1) is 5.10 Å². The molecule has 164 valence electrons. The van der Waals surface area contributed by atoms with Gasteiger partial charge in [-0.2, -0.15) is 13.5 Å². The van der Waals surface area contributed by atoms with Gasteiger partial charge in [0.2, 0.25) is 0 Å². The lowest BCUT2D eigenvalue weighted by Crippen LogP contribution is -2.37. The average molecular weight is 436 g/mol. The van der Waals surface area contributed by atoms with Crippen LogP contribution in [0.4, 0.5) is 13.2 Å². The van der Waals surface area contributed by atoms with E-state index in [0.29, 0.717) is 16.0 Å². The van der Waals surface area contributed by atoms with Crippen LogP contribution in [0.1, 0.15) is 24.9 Å². The van der Waals surface area contributed by atoms with Crippen molar-refractivity contribution in [3.8, 4) is 17.2 Å². The molecule has 0 radical (unpaired) electrons. The average Bonchev–Trinajstić information content (AvgIpc) is 3.00. The molecular formula is C20H17F3N3O5-. The number of nitrogens with zero attached hydrogens (tertiary/aromatic N) is 3. The number of aryl methyl sites for hydroxylation is 1. The van der Waals surface area contributed by atoms with Crippen LogP contribution in [0.3, 0.4) is 0 Å². The van der Waals surface area contributed by atoms with Crippen LogP contribution >= 0.6 is 0 Å². The number of hydrogen-bond donors (Lipinski definition) is 0. The van der Waals surface area contributed by atoms with Crippen molar-refractivity contribution in [2.45, 2.75) is 33.1 Å². The van der Waals surface area contributed by atoms with Crippen LogP contribution in [-0.2, 0) is 11.4 Å². The third kappa shape index (κ3) is 4.87. The number of carboxylic acids is 1. The van der Waals surface area contributed by atoms with Gasteiger partial charge in [-0.1, -0.05) is 12.1 Å². The maximum Gasteiger partial charge on any atom is 0.355 e. The molecule has 2 aromatic carbocycles. The number of rotatable bonds is 8. The van der Waals surface area contributed by atoms with Gasteiger partial charge in [0.05, 0.1) is 5.97 Å². The molecule has 0 spiro atoms. The Morgan fingerprint density at radius 1 is 1.19 bits per heavy atom. The minimum Gasteiger partial charge on any atom is -0.546 e. The molecule has 0 bridgehead atoms. The number of aromatic nitrogens is 3. The molecule has 0 saturated carbocycles. The predicted octanol–water partition coefficient (Wildman–Crippen LogP) is 1.97. The zero-order chi connectivity index (χ0) is 22.7. The third-order valence-corrected chi connectivity index (χ3v) is 4.27. The van der Waals surface area contributed by atoms with Crippen molar-refractivity contribution >= 4 is 5.97 Å². The van der Waals surface area contributed by atoms with E-state index in [4.69, 9.17) is 9.47 Å². The fourth-order valence-corrected chi connectivity index (χ4v) is 2.73. The summed E-state index contributed by atoms with van der Waals surface area (Å²) in [5.41, 5.74) is -0.843. The van der Waals surface area contributed by atoms with E-state index in [9.17, 15) is 27.9 Å². The minimum absolute atomic E-state index is 0.00869. The lowest BCUT2D eigenvalue weighted by molar-refractivity contribution is -0.312. The van der Waals surface area contributed by atoms with E-state index in [-0.39, 0.29) is 28.4 Å². The highest BCUT2D eigenvalue weighted by molar-refractivity contribution is 5.69. The Morgan fingerprint density at radius 3 is 2.55 bits per heavy atom. The summed E-state index contributed by atoms with van der Waals surface area (Å²) >= 11 is 0. The monoisotopic (exact) mass is 436 g/mol. The van der Waals surface area contributed by atoms with E-state index in [1.807, 2.05) is 0 Å². The Morgan fingerprint density at radius 2 is 1.94 bits per heavy atom. The van der Waals surface area contributed by atoms with E-state index in [1.165, 1.54) is 26.0 Å². The number of carbonyl (C=O) groups is 1. The highest BCUT2D eigenvalue weighted by Crippen LogP contribution is 2.22. The lowest BCUT2D eigenvalue weighted by atomic mass is 10.2. The molecule has 3 rings (SSSR count). The van der Waals surface area contributed by atoms with Crippen molar-refractivity contribution in [1.29, 1.82) is 0 Å². The molecule has 0 fully saturated rings. The Hall–Kier alpha value is -3.76. The second kappa shape index (κ2) is 8.94. The number of carboxylic acid groups (broad SMARTS) is 1. The predicted molar refractivity (Wildman–Crippen MR) is 99.6 cm³/mol. The second-order valence-corrected chi connectivity index (χ2v) is 6.52. The Labute approximate surface area is 174 Å². The molecule has 31 heavy (non-hydrogen) atoms. The first-order valence-electron chi connectivity index (χ1n) is 9.03. The Kier molecular flexibility index (Phi) is 6.33. The van der Waals surface area contributed by atoms with E-state index in [1.54, 1.807) is 24.3 Å². The Balaban J connectivity index is 1.74. The molecule has 0 amide bonds. The van der Waals surface area contributed by atoms with E-state index in [0.717, 1.165) is 6.07 Å². The van der Waals surface area contributed by atoms with Crippen LogP contribution in [0.15, 0.2) is 47.3 Å². The first kappa shape index (κ1) is 21.9. The van der Waals surface area contributed by atoms with Crippen LogP contribution in [0.2, 0.25) is 0 Å². The van der Waals surface area contributed by atoms with Crippen molar-refractivity contribution in [1.82, 2.24) is 14.3 Å². The summed E-state index contributed by atoms with van der Waals surface area (Å²) in [5, 5.41) is 14.5. The largest absolute Gasteiger partial charge is 0.546 e. The maximum absolute atomic E-state index is 14.5. The Bertz CT molecular complexity index is 1160. The minimum atomic E-state index is -3.10. The SMILES string of the molecule is Cc1nn(-c2ccc(OCc3cccc(OC(C)C(=O)[O-])c3)cc2F)c(=O)n1C(F)F. The zero-order valence-corrected chi connectivity index (χ0v) is 16.4. The molecule has 0 N–H and O–H groups in total. The number of carbonyl (C=O) groups excluding carboxylic acids is 1. The van der Waals surface area contributed by atoms with Crippen LogP contribution in [0.5, 0.6) is 11.5 Å². The molecule has 0 saturated heterocycles. The zero-order valence-electron chi connectivity index (χ0n) is 16.4. The van der Waals surface area contributed by atoms with Gasteiger partial charge in [0, 0.05) is 6.07 Å². The summed E-state index contributed by atoms with van der Waals surface area (Å²) < 4.78 is 51.8. The summed E-state index contributed by atoms with van der Waals surface area (Å²) in [6.45, 7) is -0.541. The van der Waals surface area contributed by atoms with Gasteiger partial charge in [-0.3, -0.25) is 0 Å². The molecule has 1 heterocycles. The fraction of sp³-hybridized carbons (Fsp3) is 0.250. The van der Waals surface area contributed by atoms with Crippen LogP contribution in [0, 0.1) is 12.7 Å². The van der Waals surface area contributed by atoms with Crippen molar-refractivity contribution in [3.05, 3.63) is 70.2 Å². The van der Waals surface area contributed by atoms with Gasteiger partial charge in [0.15, 0.2) is 5.82 Å². The maximum atomic E-state index is 14.5. The number of benzene rings is 2. The third-order valence-electron chi connectivity index (χ3n) is 4.27. The molecule has 0 aliphatic rings. The number of alkyl halides is 2. The van der Waals surface area contributed by atoms with E-state index >= 15 is 0 Å². The van der Waals surface area contributed by atoms with Gasteiger partial charge in [0.25, 0.3) is 0 Å². The number of hydrogen-bond acceptors (Lipinski definition) is 6. The quantitative estimate of drug-likeness (QED) is 0.536. The van der Waals surface area contributed by atoms with Crippen LogP contribution in [-0.4, -0.2) is 26.4 Å². The standard InChI is InChI=1S/C20H18F3N3O5/c1-11(18(27)28)31-15-5-3-4-13(8-15)10-30-14-6-7-17(16(21)9-14)26-20(29)25(19(22)23)12(2)24-26/h3-9,11,19H,10H2,1-2H3,(H,27,28)/p-1. The van der Waals surface area contributed by atoms with Crippen LogP contribution in [0.25, 0.3) is 5.69 Å². The van der Waals surface area contributed by atoms with E-state index < -0.39 is 30.1 Å². The molecule has 1 aromatic heterocycles. The van der Waals surface area contributed by atoms with E-state index in [2.05, 4.69) is 5.10 Å². The topological polar surface area (TPSA) is 98.4 Å². The first-order chi connectivity index (χ1) is 14.7. The molecule has 0 aliphatic carbocycles. The normalized spacial score (nSPS) is 12.1. The van der Waals surface area contributed by atoms with Gasteiger partial charge in [-0.25, -0.2) is 13.8 Å². The molecule has 1 unspecified atom stereocenters. The molecule has 1 atom stereocenters. The fourth-order valence-electron chi connectivity index (χ4n) is 2.73. The number of ether oxygens (including phenoxy) is 2. The first-order valence-corrected chi connectivity index (χ1v) is 9.03. The summed E-state index contributed by atoms with van der Waals surface area (Å²) in [5.74, 6) is -2.09. The van der Waals surface area contributed by atoms with Crippen molar-refractivity contribution in [2.75, 3.05) is 0 Å². The van der Waals surface area contributed by atoms with Gasteiger partial charge < -0.3 is 19.4 Å². The highest BCUT2D eigenvalue weighted by Gasteiger charge is 2.20. The molecule has 11 heteroatoms. The smallest absolute Gasteiger partial charge is 0.355 e. The van der Waals surface area contributed by atoms with Gasteiger partial charge >= 0.3 is 12.2 Å². The number of aliphatic carboxylic acids is 1. The van der Waals surface area contributed by atoms with Crippen molar-refractivity contribution in [3.63, 3.8) is 0 Å². The van der Waals surface area contributed by atoms with Crippen LogP contribution < -0.4 is 20.3 Å². The number of halogens is 3. The molecular weight excluding hydrogens is 419 g/mol. The highest BCUT2D eigenvalue weighted by atomic mass is 19.3. The summed E-state index contributed by atoms with van der Waals surface area (Å²) in [4.78, 5) is 22.8. The van der Waals surface area contributed by atoms with Crippen molar-refractivity contribution in [2.24, 2.45) is 0 Å². The summed E-state index contributed by atoms with van der Waals surface area (Å²) in [7, 11) is 0. The molecule has 8 nitrogen and oxygen atoms in total. The van der Waals surface area contributed by atoms with Gasteiger partial charge in [-0.05, 0) is 43.7 Å². The van der Waals surface area contributed by atoms with Gasteiger partial charge in [0.1, 0.15) is 35.7 Å². The lowest BCUT2D eigenvalue weighted by Gasteiger charge is -2.16.